The van der Waals surface area contributed by atoms with Crippen molar-refractivity contribution in [2.45, 2.75) is 58.9 Å². The summed E-state index contributed by atoms with van der Waals surface area (Å²) in [6.45, 7) is 6.14. The summed E-state index contributed by atoms with van der Waals surface area (Å²) >= 11 is 6.09. The summed E-state index contributed by atoms with van der Waals surface area (Å²) < 4.78 is 0. The first-order valence-electron chi connectivity index (χ1n) is 7.01. The van der Waals surface area contributed by atoms with Crippen LogP contribution < -0.4 is 5.32 Å². The molecular weight excluding hydrogens is 260 g/mol. The summed E-state index contributed by atoms with van der Waals surface area (Å²) in [6.07, 6.45) is 6.91. The molecule has 106 valence electrons. The third-order valence-electron chi connectivity index (χ3n) is 3.11. The van der Waals surface area contributed by atoms with Crippen LogP contribution in [0.1, 0.15) is 62.0 Å². The standard InChI is InChI=1S/C15H23ClN2O/c1-4-6-8-12(7-5-2)18-15(19)13-10-17-11(3)9-14(13)16/h9-10,12H,4-8H2,1-3H3,(H,18,19). The van der Waals surface area contributed by atoms with E-state index in [1.165, 1.54) is 0 Å². The highest BCUT2D eigenvalue weighted by Crippen LogP contribution is 2.16. The van der Waals surface area contributed by atoms with E-state index in [0.717, 1.165) is 37.8 Å². The first kappa shape index (κ1) is 16.0. The van der Waals surface area contributed by atoms with Gasteiger partial charge in [-0.15, -0.1) is 0 Å². The average Bonchev–Trinajstić information content (AvgIpc) is 2.36. The maximum absolute atomic E-state index is 12.2. The number of rotatable bonds is 7. The van der Waals surface area contributed by atoms with Crippen LogP contribution in [0.3, 0.4) is 0 Å². The predicted octanol–water partition coefficient (Wildman–Crippen LogP) is 4.13. The molecule has 0 spiro atoms. The summed E-state index contributed by atoms with van der Waals surface area (Å²) in [7, 11) is 0. The minimum Gasteiger partial charge on any atom is -0.349 e. The zero-order valence-electron chi connectivity index (χ0n) is 12.0. The number of amides is 1. The fourth-order valence-corrected chi connectivity index (χ4v) is 2.34. The summed E-state index contributed by atoms with van der Waals surface area (Å²) in [5.74, 6) is -0.118. The fourth-order valence-electron chi connectivity index (χ4n) is 2.04. The number of aryl methyl sites for hydroxylation is 1. The minimum atomic E-state index is -0.118. The van der Waals surface area contributed by atoms with Gasteiger partial charge in [0.1, 0.15) is 0 Å². The Morgan fingerprint density at radius 2 is 2.11 bits per heavy atom. The molecule has 0 aromatic carbocycles. The zero-order valence-corrected chi connectivity index (χ0v) is 12.8. The SMILES string of the molecule is CCCCC(CCC)NC(=O)c1cnc(C)cc1Cl. The van der Waals surface area contributed by atoms with Gasteiger partial charge in [-0.25, -0.2) is 0 Å². The van der Waals surface area contributed by atoms with Crippen LogP contribution in [0.15, 0.2) is 12.3 Å². The molecular formula is C15H23ClN2O. The van der Waals surface area contributed by atoms with Gasteiger partial charge in [-0.2, -0.15) is 0 Å². The Labute approximate surface area is 120 Å². The van der Waals surface area contributed by atoms with Gasteiger partial charge in [0.05, 0.1) is 10.6 Å². The van der Waals surface area contributed by atoms with Gasteiger partial charge < -0.3 is 5.32 Å². The number of hydrogen-bond acceptors (Lipinski definition) is 2. The van der Waals surface area contributed by atoms with E-state index in [4.69, 9.17) is 11.6 Å². The van der Waals surface area contributed by atoms with Gasteiger partial charge in [0.2, 0.25) is 0 Å². The van der Waals surface area contributed by atoms with Gasteiger partial charge in [-0.05, 0) is 25.8 Å². The van der Waals surface area contributed by atoms with Crippen LogP contribution in [0.25, 0.3) is 0 Å². The quantitative estimate of drug-likeness (QED) is 0.817. The van der Waals surface area contributed by atoms with Crippen molar-refractivity contribution >= 4 is 17.5 Å². The molecule has 0 aliphatic carbocycles. The van der Waals surface area contributed by atoms with E-state index < -0.39 is 0 Å². The van der Waals surface area contributed by atoms with Crippen molar-refractivity contribution in [3.05, 3.63) is 28.5 Å². The van der Waals surface area contributed by atoms with Gasteiger partial charge >= 0.3 is 0 Å². The second-order valence-electron chi connectivity index (χ2n) is 4.91. The van der Waals surface area contributed by atoms with Crippen molar-refractivity contribution in [3.63, 3.8) is 0 Å². The number of unbranched alkanes of at least 4 members (excludes halogenated alkanes) is 1. The van der Waals surface area contributed by atoms with Crippen molar-refractivity contribution < 1.29 is 4.79 Å². The second kappa shape index (κ2) is 8.16. The third kappa shape index (κ3) is 5.19. The highest BCUT2D eigenvalue weighted by Gasteiger charge is 2.15. The molecule has 1 amide bonds. The second-order valence-corrected chi connectivity index (χ2v) is 5.31. The first-order chi connectivity index (χ1) is 9.08. The largest absolute Gasteiger partial charge is 0.349 e. The molecule has 0 aliphatic rings. The molecule has 0 saturated heterocycles. The number of carbonyl (C=O) groups is 1. The lowest BCUT2D eigenvalue weighted by atomic mass is 10.0. The lowest BCUT2D eigenvalue weighted by Crippen LogP contribution is -2.35. The fraction of sp³-hybridized carbons (Fsp3) is 0.600. The molecule has 3 nitrogen and oxygen atoms in total. The molecule has 1 aromatic heterocycles. The van der Waals surface area contributed by atoms with Gasteiger partial charge in [-0.1, -0.05) is 44.7 Å². The molecule has 0 aliphatic heterocycles. The molecule has 1 aromatic rings. The van der Waals surface area contributed by atoms with Crippen LogP contribution in [-0.2, 0) is 0 Å². The Hall–Kier alpha value is -1.09. The Balaban J connectivity index is 2.69. The van der Waals surface area contributed by atoms with Crippen LogP contribution >= 0.6 is 11.6 Å². The Morgan fingerprint density at radius 1 is 1.37 bits per heavy atom. The molecule has 0 radical (unpaired) electrons. The normalized spacial score (nSPS) is 12.2. The van der Waals surface area contributed by atoms with Crippen molar-refractivity contribution in [2.75, 3.05) is 0 Å². The summed E-state index contributed by atoms with van der Waals surface area (Å²) in [6, 6.07) is 1.95. The molecule has 1 heterocycles. The van der Waals surface area contributed by atoms with E-state index in [9.17, 15) is 4.79 Å². The third-order valence-corrected chi connectivity index (χ3v) is 3.43. The van der Waals surface area contributed by atoms with Crippen molar-refractivity contribution in [1.82, 2.24) is 10.3 Å². The smallest absolute Gasteiger partial charge is 0.254 e. The number of carbonyl (C=O) groups excluding carboxylic acids is 1. The number of pyridine rings is 1. The lowest BCUT2D eigenvalue weighted by Gasteiger charge is -2.18. The topological polar surface area (TPSA) is 42.0 Å². The number of nitrogens with one attached hydrogen (secondary N) is 1. The van der Waals surface area contributed by atoms with E-state index in [0.29, 0.717) is 10.6 Å². The molecule has 1 unspecified atom stereocenters. The summed E-state index contributed by atoms with van der Waals surface area (Å²) in [4.78, 5) is 16.3. The van der Waals surface area contributed by atoms with Crippen LogP contribution in [0.5, 0.6) is 0 Å². The summed E-state index contributed by atoms with van der Waals surface area (Å²) in [5.41, 5.74) is 1.28. The highest BCUT2D eigenvalue weighted by atomic mass is 35.5. The molecule has 0 fully saturated rings. The first-order valence-corrected chi connectivity index (χ1v) is 7.39. The van der Waals surface area contributed by atoms with E-state index in [2.05, 4.69) is 24.1 Å². The monoisotopic (exact) mass is 282 g/mol. The van der Waals surface area contributed by atoms with E-state index in [-0.39, 0.29) is 11.9 Å². The maximum atomic E-state index is 12.2. The van der Waals surface area contributed by atoms with E-state index in [1.807, 2.05) is 6.92 Å². The summed E-state index contributed by atoms with van der Waals surface area (Å²) in [5, 5.41) is 3.53. The predicted molar refractivity (Wildman–Crippen MR) is 79.7 cm³/mol. The molecule has 1 N–H and O–H groups in total. The molecule has 0 bridgehead atoms. The highest BCUT2D eigenvalue weighted by molar-refractivity contribution is 6.33. The van der Waals surface area contributed by atoms with Gasteiger partial charge in [-0.3, -0.25) is 9.78 Å². The van der Waals surface area contributed by atoms with Crippen molar-refractivity contribution in [1.29, 1.82) is 0 Å². The van der Waals surface area contributed by atoms with Crippen LogP contribution in [0, 0.1) is 6.92 Å². The molecule has 1 atom stereocenters. The van der Waals surface area contributed by atoms with Crippen molar-refractivity contribution in [3.8, 4) is 0 Å². The van der Waals surface area contributed by atoms with Gasteiger partial charge in [0, 0.05) is 17.9 Å². The number of halogens is 1. The maximum Gasteiger partial charge on any atom is 0.254 e. The van der Waals surface area contributed by atoms with Crippen LogP contribution in [0.4, 0.5) is 0 Å². The molecule has 0 saturated carbocycles. The van der Waals surface area contributed by atoms with Crippen molar-refractivity contribution in [2.24, 2.45) is 0 Å². The van der Waals surface area contributed by atoms with E-state index >= 15 is 0 Å². The number of nitrogens with zero attached hydrogens (tertiary/aromatic N) is 1. The molecule has 4 heteroatoms. The number of hydrogen-bond donors (Lipinski definition) is 1. The Kier molecular flexibility index (Phi) is 6.85. The molecule has 19 heavy (non-hydrogen) atoms. The minimum absolute atomic E-state index is 0.118. The lowest BCUT2D eigenvalue weighted by molar-refractivity contribution is 0.0932. The zero-order chi connectivity index (χ0) is 14.3. The van der Waals surface area contributed by atoms with E-state index in [1.54, 1.807) is 12.3 Å². The Morgan fingerprint density at radius 3 is 2.68 bits per heavy atom. The molecule has 1 rings (SSSR count). The van der Waals surface area contributed by atoms with Crippen LogP contribution in [-0.4, -0.2) is 16.9 Å². The average molecular weight is 283 g/mol. The number of aromatic nitrogens is 1. The van der Waals surface area contributed by atoms with Gasteiger partial charge in [0.15, 0.2) is 0 Å². The van der Waals surface area contributed by atoms with Crippen LogP contribution in [0.2, 0.25) is 5.02 Å². The Bertz CT molecular complexity index is 421. The van der Waals surface area contributed by atoms with Gasteiger partial charge in [0.25, 0.3) is 5.91 Å².